The van der Waals surface area contributed by atoms with Crippen LogP contribution in [0.25, 0.3) is 0 Å². The smallest absolute Gasteiger partial charge is 0.227 e. The highest BCUT2D eigenvalue weighted by atomic mass is 16.5. The third-order valence-electron chi connectivity index (χ3n) is 3.28. The summed E-state index contributed by atoms with van der Waals surface area (Å²) in [6, 6.07) is 12.9. The molecule has 0 aliphatic carbocycles. The van der Waals surface area contributed by atoms with E-state index in [1.807, 2.05) is 57.2 Å². The molecule has 0 radical (unpaired) electrons. The van der Waals surface area contributed by atoms with Gasteiger partial charge in [0.1, 0.15) is 11.6 Å². The molecule has 26 heavy (non-hydrogen) atoms. The zero-order valence-electron chi connectivity index (χ0n) is 15.3. The number of amides is 1. The zero-order valence-corrected chi connectivity index (χ0v) is 15.3. The first-order valence-corrected chi connectivity index (χ1v) is 8.49. The normalized spacial score (nSPS) is 11.3. The van der Waals surface area contributed by atoms with Gasteiger partial charge in [-0.3, -0.25) is 9.79 Å². The number of carbonyl (C=O) groups is 1. The molecule has 0 fully saturated rings. The molecule has 1 heterocycles. The van der Waals surface area contributed by atoms with Crippen molar-refractivity contribution in [3.8, 4) is 5.75 Å². The topological polar surface area (TPSA) is 102 Å². The van der Waals surface area contributed by atoms with Crippen molar-refractivity contribution in [3.05, 3.63) is 48.2 Å². The van der Waals surface area contributed by atoms with Gasteiger partial charge in [0.15, 0.2) is 5.96 Å². The summed E-state index contributed by atoms with van der Waals surface area (Å²) in [6.45, 7) is 6.10. The van der Waals surface area contributed by atoms with Crippen molar-refractivity contribution in [3.63, 3.8) is 0 Å². The third kappa shape index (κ3) is 6.80. The average molecular weight is 355 g/mol. The van der Waals surface area contributed by atoms with Gasteiger partial charge in [-0.15, -0.1) is 0 Å². The Morgan fingerprint density at radius 3 is 2.58 bits per heavy atom. The lowest BCUT2D eigenvalue weighted by molar-refractivity contribution is -0.116. The molecule has 0 spiro atoms. The molecule has 1 amide bonds. The number of anilines is 2. The van der Waals surface area contributed by atoms with E-state index in [2.05, 4.69) is 20.6 Å². The lowest BCUT2D eigenvalue weighted by atomic mass is 10.3. The number of pyridine rings is 1. The first-order valence-electron chi connectivity index (χ1n) is 8.49. The molecule has 138 valence electrons. The number of nitrogens with one attached hydrogen (secondary N) is 2. The maximum Gasteiger partial charge on any atom is 0.227 e. The molecule has 0 saturated heterocycles. The molecule has 4 N–H and O–H groups in total. The SMILES string of the molecule is Cc1cccc(NC(=O)CCN=C(N)Nc2ccc(OC(C)C)cc2)n1. The van der Waals surface area contributed by atoms with Crippen molar-refractivity contribution < 1.29 is 9.53 Å². The van der Waals surface area contributed by atoms with E-state index >= 15 is 0 Å². The fourth-order valence-electron chi connectivity index (χ4n) is 2.17. The largest absolute Gasteiger partial charge is 0.491 e. The summed E-state index contributed by atoms with van der Waals surface area (Å²) in [5.41, 5.74) is 7.49. The molecule has 0 saturated carbocycles. The van der Waals surface area contributed by atoms with Crippen LogP contribution >= 0.6 is 0 Å². The Balaban J connectivity index is 1.78. The number of carbonyl (C=O) groups excluding carboxylic acids is 1. The van der Waals surface area contributed by atoms with Gasteiger partial charge in [0.05, 0.1) is 12.6 Å². The molecule has 1 aromatic carbocycles. The first kappa shape index (κ1) is 19.2. The summed E-state index contributed by atoms with van der Waals surface area (Å²) in [6.07, 6.45) is 0.348. The minimum atomic E-state index is -0.158. The second-order valence-electron chi connectivity index (χ2n) is 6.05. The Kier molecular flexibility index (Phi) is 6.96. The van der Waals surface area contributed by atoms with E-state index in [4.69, 9.17) is 10.5 Å². The number of guanidine groups is 1. The third-order valence-corrected chi connectivity index (χ3v) is 3.28. The summed E-state index contributed by atoms with van der Waals surface area (Å²) in [5.74, 6) is 1.43. The highest BCUT2D eigenvalue weighted by Gasteiger charge is 2.03. The van der Waals surface area contributed by atoms with Crippen LogP contribution in [0.1, 0.15) is 26.0 Å². The van der Waals surface area contributed by atoms with Gasteiger partial charge in [0.25, 0.3) is 0 Å². The number of benzene rings is 1. The predicted octanol–water partition coefficient (Wildman–Crippen LogP) is 2.93. The van der Waals surface area contributed by atoms with Crippen LogP contribution < -0.4 is 21.1 Å². The monoisotopic (exact) mass is 355 g/mol. The molecule has 7 nitrogen and oxygen atoms in total. The Hall–Kier alpha value is -3.09. The van der Waals surface area contributed by atoms with Crippen molar-refractivity contribution in [1.82, 2.24) is 4.98 Å². The first-order chi connectivity index (χ1) is 12.4. The van der Waals surface area contributed by atoms with Crippen LogP contribution in [-0.2, 0) is 4.79 Å². The molecule has 2 aromatic rings. The van der Waals surface area contributed by atoms with Gasteiger partial charge in [-0.1, -0.05) is 6.07 Å². The molecule has 1 aromatic heterocycles. The van der Waals surface area contributed by atoms with Crippen LogP contribution in [0.5, 0.6) is 5.75 Å². The molecular formula is C19H25N5O2. The van der Waals surface area contributed by atoms with Crippen molar-refractivity contribution in [2.24, 2.45) is 10.7 Å². The average Bonchev–Trinajstić information content (AvgIpc) is 2.56. The van der Waals surface area contributed by atoms with E-state index in [9.17, 15) is 4.79 Å². The van der Waals surface area contributed by atoms with Gasteiger partial charge in [-0.2, -0.15) is 0 Å². The van der Waals surface area contributed by atoms with Gasteiger partial charge in [0.2, 0.25) is 5.91 Å². The minimum Gasteiger partial charge on any atom is -0.491 e. The van der Waals surface area contributed by atoms with E-state index in [0.29, 0.717) is 5.82 Å². The highest BCUT2D eigenvalue weighted by molar-refractivity contribution is 5.93. The molecular weight excluding hydrogens is 330 g/mol. The lowest BCUT2D eigenvalue weighted by Crippen LogP contribution is -2.23. The van der Waals surface area contributed by atoms with Gasteiger partial charge in [-0.25, -0.2) is 4.98 Å². The molecule has 7 heteroatoms. The van der Waals surface area contributed by atoms with Gasteiger partial charge < -0.3 is 21.1 Å². The summed E-state index contributed by atoms with van der Waals surface area (Å²) in [4.78, 5) is 20.3. The molecule has 0 atom stereocenters. The Morgan fingerprint density at radius 1 is 1.19 bits per heavy atom. The number of nitrogens with zero attached hydrogens (tertiary/aromatic N) is 2. The van der Waals surface area contributed by atoms with E-state index in [0.717, 1.165) is 17.1 Å². The van der Waals surface area contributed by atoms with Crippen molar-refractivity contribution in [2.75, 3.05) is 17.2 Å². The van der Waals surface area contributed by atoms with E-state index in [-0.39, 0.29) is 30.9 Å². The van der Waals surface area contributed by atoms with E-state index < -0.39 is 0 Å². The molecule has 0 aliphatic heterocycles. The maximum atomic E-state index is 11.9. The fourth-order valence-corrected chi connectivity index (χ4v) is 2.17. The number of hydrogen-bond acceptors (Lipinski definition) is 4. The second kappa shape index (κ2) is 9.41. The number of rotatable bonds is 7. The molecule has 0 unspecified atom stereocenters. The van der Waals surface area contributed by atoms with Gasteiger partial charge in [-0.05, 0) is 57.2 Å². The van der Waals surface area contributed by atoms with E-state index in [1.54, 1.807) is 6.07 Å². The van der Waals surface area contributed by atoms with Gasteiger partial charge in [0, 0.05) is 17.8 Å². The van der Waals surface area contributed by atoms with Crippen LogP contribution in [0.2, 0.25) is 0 Å². The van der Waals surface area contributed by atoms with Crippen LogP contribution in [0, 0.1) is 6.92 Å². The van der Waals surface area contributed by atoms with Crippen LogP contribution in [-0.4, -0.2) is 29.5 Å². The fraction of sp³-hybridized carbons (Fsp3) is 0.316. The highest BCUT2D eigenvalue weighted by Crippen LogP contribution is 2.16. The standard InChI is InChI=1S/C19H25N5O2/c1-13(2)26-16-9-7-15(8-10-16)23-19(20)21-12-11-18(25)24-17-6-4-5-14(3)22-17/h4-10,13H,11-12H2,1-3H3,(H3,20,21,23)(H,22,24,25). The van der Waals surface area contributed by atoms with Crippen LogP contribution in [0.4, 0.5) is 11.5 Å². The van der Waals surface area contributed by atoms with Crippen molar-refractivity contribution >= 4 is 23.4 Å². The summed E-state index contributed by atoms with van der Waals surface area (Å²) < 4.78 is 5.58. The molecule has 2 rings (SSSR count). The molecule has 0 aliphatic rings. The van der Waals surface area contributed by atoms with Crippen LogP contribution in [0.15, 0.2) is 47.5 Å². The van der Waals surface area contributed by atoms with Crippen molar-refractivity contribution in [2.45, 2.75) is 33.3 Å². The minimum absolute atomic E-state index is 0.126. The summed E-state index contributed by atoms with van der Waals surface area (Å²) in [5, 5.41) is 5.71. The maximum absolute atomic E-state index is 11.9. The number of aliphatic imine (C=N–C) groups is 1. The van der Waals surface area contributed by atoms with Gasteiger partial charge >= 0.3 is 0 Å². The zero-order chi connectivity index (χ0) is 18.9. The number of aryl methyl sites for hydroxylation is 1. The summed E-state index contributed by atoms with van der Waals surface area (Å²) in [7, 11) is 0. The number of hydrogen-bond donors (Lipinski definition) is 3. The Morgan fingerprint density at radius 2 is 1.92 bits per heavy atom. The molecule has 0 bridgehead atoms. The number of nitrogens with two attached hydrogens (primary N) is 1. The Bertz CT molecular complexity index is 757. The lowest BCUT2D eigenvalue weighted by Gasteiger charge is -2.11. The Labute approximate surface area is 153 Å². The number of aromatic nitrogens is 1. The summed E-state index contributed by atoms with van der Waals surface area (Å²) >= 11 is 0. The number of ether oxygens (including phenoxy) is 1. The quantitative estimate of drug-likeness (QED) is 0.523. The predicted molar refractivity (Wildman–Crippen MR) is 105 cm³/mol. The second-order valence-corrected chi connectivity index (χ2v) is 6.05. The van der Waals surface area contributed by atoms with Crippen molar-refractivity contribution in [1.29, 1.82) is 0 Å². The van der Waals surface area contributed by atoms with E-state index in [1.165, 1.54) is 0 Å². The van der Waals surface area contributed by atoms with Crippen LogP contribution in [0.3, 0.4) is 0 Å².